The fraction of sp³-hybridized carbons (Fsp3) is 0.200. The van der Waals surface area contributed by atoms with E-state index in [4.69, 9.17) is 9.26 Å². The van der Waals surface area contributed by atoms with E-state index in [1.807, 2.05) is 24.3 Å². The van der Waals surface area contributed by atoms with Gasteiger partial charge in [-0.05, 0) is 32.0 Å². The molecule has 23 heavy (non-hydrogen) atoms. The van der Waals surface area contributed by atoms with E-state index in [1.165, 1.54) is 0 Å². The molecule has 8 heteroatoms. The number of benzene rings is 1. The zero-order valence-corrected chi connectivity index (χ0v) is 14.0. The highest BCUT2D eigenvalue weighted by Crippen LogP contribution is 2.27. The number of ether oxygens (including phenoxy) is 1. The number of halogens is 1. The number of aromatic nitrogens is 3. The normalized spacial score (nSPS) is 10.7. The van der Waals surface area contributed by atoms with Crippen molar-refractivity contribution in [2.75, 3.05) is 11.9 Å². The molecule has 7 nitrogen and oxygen atoms in total. The lowest BCUT2D eigenvalue weighted by molar-refractivity contribution is 0.0512. The maximum atomic E-state index is 11.9. The quantitative estimate of drug-likeness (QED) is 0.695. The van der Waals surface area contributed by atoms with Gasteiger partial charge in [-0.25, -0.2) is 9.78 Å². The lowest BCUT2D eigenvalue weighted by Crippen LogP contribution is -2.11. The van der Waals surface area contributed by atoms with Gasteiger partial charge in [0.25, 0.3) is 5.71 Å². The summed E-state index contributed by atoms with van der Waals surface area (Å²) in [6, 6.07) is 7.57. The van der Waals surface area contributed by atoms with Crippen LogP contribution in [-0.2, 0) is 4.74 Å². The summed E-state index contributed by atoms with van der Waals surface area (Å²) in [5, 5.41) is 7.67. The number of anilines is 2. The van der Waals surface area contributed by atoms with Crippen LogP contribution in [-0.4, -0.2) is 27.7 Å². The van der Waals surface area contributed by atoms with Gasteiger partial charge in [0.15, 0.2) is 0 Å². The van der Waals surface area contributed by atoms with Crippen LogP contribution in [0.1, 0.15) is 23.2 Å². The first-order chi connectivity index (χ1) is 11.1. The largest absolute Gasteiger partial charge is 0.460 e. The van der Waals surface area contributed by atoms with Crippen molar-refractivity contribution < 1.29 is 14.1 Å². The molecule has 0 bridgehead atoms. The number of carbonyl (C=O) groups is 1. The molecule has 0 saturated heterocycles. The summed E-state index contributed by atoms with van der Waals surface area (Å²) in [5.41, 5.74) is 1.67. The van der Waals surface area contributed by atoms with E-state index in [-0.39, 0.29) is 18.1 Å². The van der Waals surface area contributed by atoms with Gasteiger partial charge < -0.3 is 14.6 Å². The van der Waals surface area contributed by atoms with Crippen LogP contribution < -0.4 is 5.32 Å². The minimum absolute atomic E-state index is 0.0759. The second-order valence-electron chi connectivity index (χ2n) is 4.70. The molecule has 0 aliphatic heterocycles. The molecule has 0 saturated carbocycles. The molecule has 0 fully saturated rings. The zero-order chi connectivity index (χ0) is 16.4. The summed E-state index contributed by atoms with van der Waals surface area (Å²) in [6.45, 7) is 3.74. The molecule has 0 aliphatic carbocycles. The molecule has 118 valence electrons. The third-order valence-electron chi connectivity index (χ3n) is 3.05. The average molecular weight is 377 g/mol. The van der Waals surface area contributed by atoms with Gasteiger partial charge >= 0.3 is 5.97 Å². The molecule has 0 unspecified atom stereocenters. The van der Waals surface area contributed by atoms with Crippen LogP contribution in [0, 0.1) is 6.92 Å². The number of nitrogens with one attached hydrogen (secondary N) is 1. The smallest absolute Gasteiger partial charge is 0.376 e. The monoisotopic (exact) mass is 376 g/mol. The Bertz CT molecular complexity index is 878. The van der Waals surface area contributed by atoms with Gasteiger partial charge in [0, 0.05) is 10.2 Å². The topological polar surface area (TPSA) is 90.1 Å². The molecule has 0 amide bonds. The van der Waals surface area contributed by atoms with Gasteiger partial charge in [0.1, 0.15) is 11.2 Å². The van der Waals surface area contributed by atoms with Crippen molar-refractivity contribution in [3.05, 3.63) is 40.3 Å². The molecule has 3 aromatic rings. The number of nitrogens with zero attached hydrogens (tertiary/aromatic N) is 3. The van der Waals surface area contributed by atoms with Gasteiger partial charge in [-0.2, -0.15) is 4.98 Å². The number of fused-ring (bicyclic) bond motifs is 1. The van der Waals surface area contributed by atoms with Crippen molar-refractivity contribution >= 4 is 44.5 Å². The molecular formula is C15H13BrN4O3. The van der Waals surface area contributed by atoms with Crippen molar-refractivity contribution in [3.8, 4) is 0 Å². The van der Waals surface area contributed by atoms with Gasteiger partial charge in [0.2, 0.25) is 5.82 Å². The maximum absolute atomic E-state index is 11.9. The van der Waals surface area contributed by atoms with Gasteiger partial charge in [-0.1, -0.05) is 27.2 Å². The van der Waals surface area contributed by atoms with E-state index in [9.17, 15) is 4.79 Å². The highest BCUT2D eigenvalue weighted by molar-refractivity contribution is 9.10. The summed E-state index contributed by atoms with van der Waals surface area (Å²) in [5.74, 6) is -0.247. The molecule has 1 aromatic carbocycles. The van der Waals surface area contributed by atoms with Crippen molar-refractivity contribution in [1.82, 2.24) is 15.1 Å². The highest BCUT2D eigenvalue weighted by atomic mass is 79.9. The van der Waals surface area contributed by atoms with E-state index >= 15 is 0 Å². The van der Waals surface area contributed by atoms with Crippen molar-refractivity contribution in [2.24, 2.45) is 0 Å². The Hall–Kier alpha value is -2.48. The first-order valence-corrected chi connectivity index (χ1v) is 7.71. The first kappa shape index (κ1) is 15.4. The number of hydrogen-bond donors (Lipinski definition) is 1. The predicted octanol–water partition coefficient (Wildman–Crippen LogP) is 3.61. The van der Waals surface area contributed by atoms with Crippen LogP contribution in [0.4, 0.5) is 11.5 Å². The molecular weight excluding hydrogens is 364 g/mol. The number of esters is 1. The molecule has 3 rings (SSSR count). The Balaban J connectivity index is 2.09. The summed E-state index contributed by atoms with van der Waals surface area (Å²) >= 11 is 3.41. The molecule has 0 aliphatic rings. The van der Waals surface area contributed by atoms with E-state index in [0.717, 1.165) is 10.2 Å². The minimum atomic E-state index is -0.610. The van der Waals surface area contributed by atoms with Crippen LogP contribution in [0.15, 0.2) is 33.3 Å². The minimum Gasteiger partial charge on any atom is -0.460 e. The second kappa shape index (κ2) is 6.33. The van der Waals surface area contributed by atoms with Crippen molar-refractivity contribution in [2.45, 2.75) is 13.8 Å². The summed E-state index contributed by atoms with van der Waals surface area (Å²) < 4.78 is 11.0. The Morgan fingerprint density at radius 1 is 1.39 bits per heavy atom. The SMILES string of the molecule is CCOC(=O)c1nc(Nc2cccc(Br)c2)c2c(C)noc2n1. The zero-order valence-electron chi connectivity index (χ0n) is 12.5. The third-order valence-corrected chi connectivity index (χ3v) is 3.55. The van der Waals surface area contributed by atoms with Gasteiger partial charge in [0.05, 0.1) is 12.3 Å². The fourth-order valence-corrected chi connectivity index (χ4v) is 2.47. The summed E-state index contributed by atoms with van der Waals surface area (Å²) in [7, 11) is 0. The van der Waals surface area contributed by atoms with E-state index < -0.39 is 5.97 Å². The Labute approximate surface area is 140 Å². The van der Waals surface area contributed by atoms with Crippen LogP contribution in [0.25, 0.3) is 11.1 Å². The Morgan fingerprint density at radius 3 is 2.96 bits per heavy atom. The highest BCUT2D eigenvalue weighted by Gasteiger charge is 2.19. The third kappa shape index (κ3) is 3.16. The first-order valence-electron chi connectivity index (χ1n) is 6.92. The maximum Gasteiger partial charge on any atom is 0.376 e. The van der Waals surface area contributed by atoms with Crippen LogP contribution in [0.3, 0.4) is 0 Å². The van der Waals surface area contributed by atoms with E-state index in [2.05, 4.69) is 36.4 Å². The van der Waals surface area contributed by atoms with Crippen molar-refractivity contribution in [1.29, 1.82) is 0 Å². The predicted molar refractivity (Wildman–Crippen MR) is 87.7 cm³/mol. The lowest BCUT2D eigenvalue weighted by atomic mass is 10.2. The Kier molecular flexibility index (Phi) is 4.24. The van der Waals surface area contributed by atoms with Crippen LogP contribution in [0.2, 0.25) is 0 Å². The van der Waals surface area contributed by atoms with Crippen LogP contribution >= 0.6 is 15.9 Å². The average Bonchev–Trinajstić information content (AvgIpc) is 2.89. The second-order valence-corrected chi connectivity index (χ2v) is 5.62. The number of carbonyl (C=O) groups excluding carboxylic acids is 1. The summed E-state index contributed by atoms with van der Waals surface area (Å²) in [4.78, 5) is 20.2. The standard InChI is InChI=1S/C15H13BrN4O3/c1-3-22-15(21)13-18-12(11-8(2)20-23-14(11)19-13)17-10-6-4-5-9(16)7-10/h4-7H,3H2,1-2H3,(H,17,18,19). The molecule has 1 N–H and O–H groups in total. The van der Waals surface area contributed by atoms with E-state index in [0.29, 0.717) is 16.9 Å². The van der Waals surface area contributed by atoms with Crippen molar-refractivity contribution in [3.63, 3.8) is 0 Å². The molecule has 2 aromatic heterocycles. The van der Waals surface area contributed by atoms with Gasteiger partial charge in [-0.3, -0.25) is 0 Å². The number of hydrogen-bond acceptors (Lipinski definition) is 7. The van der Waals surface area contributed by atoms with E-state index in [1.54, 1.807) is 13.8 Å². The lowest BCUT2D eigenvalue weighted by Gasteiger charge is -2.08. The molecule has 2 heterocycles. The molecule has 0 atom stereocenters. The Morgan fingerprint density at radius 2 is 2.22 bits per heavy atom. The fourth-order valence-electron chi connectivity index (χ4n) is 2.07. The van der Waals surface area contributed by atoms with Crippen LogP contribution in [0.5, 0.6) is 0 Å². The van der Waals surface area contributed by atoms with Gasteiger partial charge in [-0.15, -0.1) is 0 Å². The number of aryl methyl sites for hydroxylation is 1. The molecule has 0 radical (unpaired) electrons. The molecule has 0 spiro atoms. The number of rotatable bonds is 4. The summed E-state index contributed by atoms with van der Waals surface area (Å²) in [6.07, 6.45) is 0.